The summed E-state index contributed by atoms with van der Waals surface area (Å²) in [6.07, 6.45) is 7.09. The number of aromatic hydroxyl groups is 1. The molecule has 2 saturated heterocycles. The first-order chi connectivity index (χ1) is 24.1. The zero-order valence-corrected chi connectivity index (χ0v) is 28.2. The van der Waals surface area contributed by atoms with E-state index in [4.69, 9.17) is 16.3 Å². The topological polar surface area (TPSA) is 116 Å². The smallest absolute Gasteiger partial charge is 0.260 e. The number of halogens is 2. The first-order valence-corrected chi connectivity index (χ1v) is 17.6. The third-order valence-corrected chi connectivity index (χ3v) is 12.0. The molecular formula is C39H37ClFN3O6. The molecule has 5 aliphatic rings. The summed E-state index contributed by atoms with van der Waals surface area (Å²) in [5.41, 5.74) is 3.76. The van der Waals surface area contributed by atoms with Crippen LogP contribution < -0.4 is 10.2 Å². The number of hydrogen-bond acceptors (Lipinski definition) is 7. The van der Waals surface area contributed by atoms with Crippen LogP contribution in [0.15, 0.2) is 78.4 Å². The number of phenols is 1. The Morgan fingerprint density at radius 1 is 0.900 bits per heavy atom. The number of carbonyl (C=O) groups excluding carboxylic acids is 4. The highest BCUT2D eigenvalue weighted by Crippen LogP contribution is 2.64. The molecule has 2 saturated carbocycles. The third-order valence-electron chi connectivity index (χ3n) is 11.8. The van der Waals surface area contributed by atoms with Crippen molar-refractivity contribution in [3.63, 3.8) is 0 Å². The number of imide groups is 2. The second-order valence-corrected chi connectivity index (χ2v) is 14.6. The van der Waals surface area contributed by atoms with E-state index in [1.54, 1.807) is 36.4 Å². The Bertz CT molecular complexity index is 1930. The number of hydrogen-bond donors (Lipinski definition) is 2. The van der Waals surface area contributed by atoms with Gasteiger partial charge in [-0.25, -0.2) is 4.39 Å². The molecule has 0 bridgehead atoms. The highest BCUT2D eigenvalue weighted by atomic mass is 35.5. The summed E-state index contributed by atoms with van der Waals surface area (Å²) in [4.78, 5) is 59.9. The van der Waals surface area contributed by atoms with E-state index in [0.717, 1.165) is 42.7 Å². The molecule has 258 valence electrons. The standard InChI is InChI=1S/C39H37ClFN3O6/c1-50-32-19-21(7-18-31(32)45)34-27-16-17-28-33(37(48)43(35(28)46)26-5-3-2-4-6-26)29(27)20-30-36(47)44(42-25-14-12-24(41)13-15-25)38(49)39(30,34)22-8-10-23(40)11-9-22/h7-16,18-19,26,28-30,33-34,42,45H,2-6,17,20H2,1H3. The number of methoxy groups -OCH3 is 1. The molecule has 0 aromatic heterocycles. The number of allylic oxidation sites excluding steroid dienone is 2. The molecule has 6 atom stereocenters. The average Bonchev–Trinajstić information content (AvgIpc) is 3.51. The van der Waals surface area contributed by atoms with Gasteiger partial charge in [0, 0.05) is 17.0 Å². The number of ether oxygens (including phenoxy) is 1. The fraction of sp³-hybridized carbons (Fsp3) is 0.385. The van der Waals surface area contributed by atoms with Crippen LogP contribution >= 0.6 is 11.6 Å². The van der Waals surface area contributed by atoms with E-state index in [2.05, 4.69) is 5.43 Å². The molecule has 2 heterocycles. The number of fused-ring (bicyclic) bond motifs is 4. The molecule has 50 heavy (non-hydrogen) atoms. The van der Waals surface area contributed by atoms with Gasteiger partial charge in [0.15, 0.2) is 11.5 Å². The predicted octanol–water partition coefficient (Wildman–Crippen LogP) is 6.51. The molecule has 8 rings (SSSR count). The van der Waals surface area contributed by atoms with Crippen molar-refractivity contribution in [2.45, 2.75) is 62.3 Å². The van der Waals surface area contributed by atoms with Crippen molar-refractivity contribution in [3.8, 4) is 11.5 Å². The Morgan fingerprint density at radius 3 is 2.32 bits per heavy atom. The van der Waals surface area contributed by atoms with E-state index in [1.165, 1.54) is 42.3 Å². The molecule has 4 fully saturated rings. The van der Waals surface area contributed by atoms with Crippen molar-refractivity contribution < 1.29 is 33.4 Å². The summed E-state index contributed by atoms with van der Waals surface area (Å²) < 4.78 is 19.4. The van der Waals surface area contributed by atoms with Gasteiger partial charge in [-0.05, 0) is 91.3 Å². The van der Waals surface area contributed by atoms with Crippen LogP contribution in [0.2, 0.25) is 5.02 Å². The largest absolute Gasteiger partial charge is 0.504 e. The molecule has 4 amide bonds. The summed E-state index contributed by atoms with van der Waals surface area (Å²) in [5, 5.41) is 12.1. The number of hydrazine groups is 1. The number of amides is 4. The minimum Gasteiger partial charge on any atom is -0.504 e. The third kappa shape index (κ3) is 4.78. The quantitative estimate of drug-likeness (QED) is 0.223. The van der Waals surface area contributed by atoms with Gasteiger partial charge in [-0.2, -0.15) is 5.01 Å². The fourth-order valence-electron chi connectivity index (χ4n) is 9.63. The normalized spacial score (nSPS) is 29.4. The second kappa shape index (κ2) is 12.3. The molecule has 3 aliphatic carbocycles. The Balaban J connectivity index is 1.32. The minimum absolute atomic E-state index is 0.0912. The zero-order valence-electron chi connectivity index (χ0n) is 27.5. The number of benzene rings is 3. The summed E-state index contributed by atoms with van der Waals surface area (Å²) in [6, 6.07) is 17.0. The van der Waals surface area contributed by atoms with Crippen molar-refractivity contribution in [1.29, 1.82) is 0 Å². The second-order valence-electron chi connectivity index (χ2n) is 14.1. The van der Waals surface area contributed by atoms with E-state index in [0.29, 0.717) is 28.3 Å². The van der Waals surface area contributed by atoms with Gasteiger partial charge in [0.05, 0.1) is 36.0 Å². The summed E-state index contributed by atoms with van der Waals surface area (Å²) in [6.45, 7) is 0. The highest BCUT2D eigenvalue weighted by molar-refractivity contribution is 6.30. The molecule has 2 N–H and O–H groups in total. The molecule has 3 aromatic carbocycles. The Labute approximate surface area is 294 Å². The van der Waals surface area contributed by atoms with Crippen LogP contribution in [0.25, 0.3) is 0 Å². The van der Waals surface area contributed by atoms with Crippen LogP contribution in [0, 0.1) is 29.5 Å². The van der Waals surface area contributed by atoms with E-state index in [1.807, 2.05) is 6.08 Å². The summed E-state index contributed by atoms with van der Waals surface area (Å²) >= 11 is 6.36. The minimum atomic E-state index is -1.51. The SMILES string of the molecule is COc1cc(C2C3=CCC4C(=O)N(C5CCCCC5)C(=O)C4C3CC3C(=O)N(Nc4ccc(F)cc4)C(=O)C32c2ccc(Cl)cc2)ccc1O. The van der Waals surface area contributed by atoms with Gasteiger partial charge in [0.25, 0.3) is 11.8 Å². The van der Waals surface area contributed by atoms with Gasteiger partial charge in [-0.1, -0.05) is 60.7 Å². The Hall–Kier alpha value is -4.70. The van der Waals surface area contributed by atoms with Crippen molar-refractivity contribution in [3.05, 3.63) is 100 Å². The Morgan fingerprint density at radius 2 is 1.62 bits per heavy atom. The molecular weight excluding hydrogens is 661 g/mol. The molecule has 3 aromatic rings. The lowest BCUT2D eigenvalue weighted by atomic mass is 9.49. The zero-order chi connectivity index (χ0) is 34.9. The van der Waals surface area contributed by atoms with Crippen LogP contribution in [0.5, 0.6) is 11.5 Å². The lowest BCUT2D eigenvalue weighted by molar-refractivity contribution is -0.144. The van der Waals surface area contributed by atoms with Gasteiger partial charge in [0.1, 0.15) is 5.82 Å². The lowest BCUT2D eigenvalue weighted by Gasteiger charge is -2.50. The number of likely N-dealkylation sites (tertiary alicyclic amines) is 1. The van der Waals surface area contributed by atoms with Gasteiger partial charge in [-0.15, -0.1) is 0 Å². The molecule has 2 aliphatic heterocycles. The number of phenolic OH excluding ortho intramolecular Hbond substituents is 1. The van der Waals surface area contributed by atoms with Crippen molar-refractivity contribution in [2.24, 2.45) is 23.7 Å². The lowest BCUT2D eigenvalue weighted by Crippen LogP contribution is -2.53. The van der Waals surface area contributed by atoms with Gasteiger partial charge in [-0.3, -0.25) is 29.5 Å². The maximum Gasteiger partial charge on any atom is 0.260 e. The molecule has 11 heteroatoms. The van der Waals surface area contributed by atoms with E-state index < -0.39 is 52.6 Å². The highest BCUT2D eigenvalue weighted by Gasteiger charge is 2.70. The Kier molecular flexibility index (Phi) is 7.97. The molecule has 0 spiro atoms. The number of nitrogens with one attached hydrogen (secondary N) is 1. The van der Waals surface area contributed by atoms with Crippen LogP contribution in [0.3, 0.4) is 0 Å². The number of rotatable bonds is 6. The van der Waals surface area contributed by atoms with Gasteiger partial charge >= 0.3 is 0 Å². The number of carbonyl (C=O) groups is 4. The molecule has 9 nitrogen and oxygen atoms in total. The maximum atomic E-state index is 15.2. The van der Waals surface area contributed by atoms with Crippen LogP contribution in [-0.2, 0) is 24.6 Å². The summed E-state index contributed by atoms with van der Waals surface area (Å²) in [5.74, 6) is -5.18. The van der Waals surface area contributed by atoms with Gasteiger partial charge in [0.2, 0.25) is 11.8 Å². The molecule has 0 radical (unpaired) electrons. The van der Waals surface area contributed by atoms with E-state index in [-0.39, 0.29) is 35.8 Å². The first-order valence-electron chi connectivity index (χ1n) is 17.3. The monoisotopic (exact) mass is 697 g/mol. The number of anilines is 1. The van der Waals surface area contributed by atoms with E-state index in [9.17, 15) is 23.9 Å². The van der Waals surface area contributed by atoms with Crippen molar-refractivity contribution >= 4 is 40.9 Å². The summed E-state index contributed by atoms with van der Waals surface area (Å²) in [7, 11) is 1.44. The van der Waals surface area contributed by atoms with Crippen molar-refractivity contribution in [2.75, 3.05) is 12.5 Å². The van der Waals surface area contributed by atoms with Crippen LogP contribution in [0.4, 0.5) is 10.1 Å². The maximum absolute atomic E-state index is 15.2. The van der Waals surface area contributed by atoms with Gasteiger partial charge < -0.3 is 9.84 Å². The number of nitrogens with zero attached hydrogens (tertiary/aromatic N) is 2. The predicted molar refractivity (Wildman–Crippen MR) is 182 cm³/mol. The van der Waals surface area contributed by atoms with Crippen LogP contribution in [-0.4, -0.2) is 51.8 Å². The van der Waals surface area contributed by atoms with E-state index >= 15 is 4.79 Å². The van der Waals surface area contributed by atoms with Crippen LogP contribution in [0.1, 0.15) is 62.0 Å². The first kappa shape index (κ1) is 32.5. The van der Waals surface area contributed by atoms with Crippen molar-refractivity contribution in [1.82, 2.24) is 9.91 Å². The average molecular weight is 698 g/mol. The fourth-order valence-corrected chi connectivity index (χ4v) is 9.75. The molecule has 6 unspecified atom stereocenters.